The fourth-order valence-corrected chi connectivity index (χ4v) is 1.59. The molecule has 4 heteroatoms. The van der Waals surface area contributed by atoms with Gasteiger partial charge in [0.25, 0.3) is 0 Å². The number of rotatable bonds is 2. The summed E-state index contributed by atoms with van der Waals surface area (Å²) in [5.41, 5.74) is 6.65. The van der Waals surface area contributed by atoms with Crippen molar-refractivity contribution in [3.8, 4) is 0 Å². The number of hydrogen-bond acceptors (Lipinski definition) is 3. The molecule has 0 aliphatic carbocycles. The fourth-order valence-electron chi connectivity index (χ4n) is 1.59. The summed E-state index contributed by atoms with van der Waals surface area (Å²) in [6.45, 7) is 0. The summed E-state index contributed by atoms with van der Waals surface area (Å²) in [4.78, 5) is 17.6. The first-order valence-corrected chi connectivity index (χ1v) is 4.96. The molecule has 2 aromatic rings. The van der Waals surface area contributed by atoms with Crippen LogP contribution in [0.25, 0.3) is 10.9 Å². The molecule has 0 unspecified atom stereocenters. The second-order valence-electron chi connectivity index (χ2n) is 3.80. The number of aromatic nitrogens is 1. The Bertz CT molecular complexity index is 549. The molecule has 1 aromatic heterocycles. The molecule has 82 valence electrons. The van der Waals surface area contributed by atoms with Gasteiger partial charge in [-0.2, -0.15) is 0 Å². The molecule has 0 aliphatic heterocycles. The average molecular weight is 215 g/mol. The van der Waals surface area contributed by atoms with Crippen LogP contribution >= 0.6 is 0 Å². The lowest BCUT2D eigenvalue weighted by atomic mass is 10.1. The third-order valence-electron chi connectivity index (χ3n) is 2.43. The van der Waals surface area contributed by atoms with Crippen molar-refractivity contribution in [1.29, 1.82) is 0 Å². The second-order valence-corrected chi connectivity index (χ2v) is 3.80. The minimum Gasteiger partial charge on any atom is -0.366 e. The molecule has 1 aromatic carbocycles. The third-order valence-corrected chi connectivity index (χ3v) is 2.43. The number of carbonyl (C=O) groups is 1. The molecule has 2 rings (SSSR count). The number of carbonyl (C=O) groups excluding carboxylic acids is 1. The Labute approximate surface area is 93.7 Å². The van der Waals surface area contributed by atoms with Crippen molar-refractivity contribution in [2.24, 2.45) is 5.73 Å². The van der Waals surface area contributed by atoms with Crippen molar-refractivity contribution < 1.29 is 4.79 Å². The molecule has 0 saturated heterocycles. The van der Waals surface area contributed by atoms with Crippen LogP contribution in [0.2, 0.25) is 0 Å². The van der Waals surface area contributed by atoms with E-state index in [4.69, 9.17) is 5.73 Å². The van der Waals surface area contributed by atoms with Crippen molar-refractivity contribution in [3.05, 3.63) is 35.9 Å². The number of hydrogen-bond donors (Lipinski definition) is 1. The summed E-state index contributed by atoms with van der Waals surface area (Å²) >= 11 is 0. The summed E-state index contributed by atoms with van der Waals surface area (Å²) in [5, 5.41) is 0.792. The van der Waals surface area contributed by atoms with E-state index in [1.807, 2.05) is 43.3 Å². The molecular weight excluding hydrogens is 202 g/mol. The van der Waals surface area contributed by atoms with Gasteiger partial charge in [-0.1, -0.05) is 18.2 Å². The lowest BCUT2D eigenvalue weighted by Crippen LogP contribution is -2.16. The molecule has 0 atom stereocenters. The number of nitrogens with zero attached hydrogens (tertiary/aromatic N) is 2. The van der Waals surface area contributed by atoms with E-state index < -0.39 is 5.91 Å². The lowest BCUT2D eigenvalue weighted by Gasteiger charge is -2.13. The van der Waals surface area contributed by atoms with E-state index in [1.54, 1.807) is 6.07 Å². The van der Waals surface area contributed by atoms with Gasteiger partial charge in [0.2, 0.25) is 5.91 Å². The topological polar surface area (TPSA) is 59.2 Å². The minimum atomic E-state index is -0.429. The molecule has 0 radical (unpaired) electrons. The number of fused-ring (bicyclic) bond motifs is 1. The van der Waals surface area contributed by atoms with Crippen LogP contribution in [0.4, 0.5) is 5.82 Å². The monoisotopic (exact) mass is 215 g/mol. The largest absolute Gasteiger partial charge is 0.366 e. The number of anilines is 1. The first-order chi connectivity index (χ1) is 7.59. The van der Waals surface area contributed by atoms with Gasteiger partial charge in [-0.05, 0) is 12.1 Å². The summed E-state index contributed by atoms with van der Waals surface area (Å²) in [6.07, 6.45) is 0. The highest BCUT2D eigenvalue weighted by atomic mass is 16.1. The maximum atomic E-state index is 11.4. The Hall–Kier alpha value is -2.10. The first kappa shape index (κ1) is 10.4. The third kappa shape index (κ3) is 1.69. The minimum absolute atomic E-state index is 0.429. The molecule has 0 fully saturated rings. The molecule has 0 aliphatic rings. The predicted molar refractivity (Wildman–Crippen MR) is 64.6 cm³/mol. The molecule has 0 spiro atoms. The second kappa shape index (κ2) is 3.81. The van der Waals surface area contributed by atoms with Crippen molar-refractivity contribution in [3.63, 3.8) is 0 Å². The molecule has 4 nitrogen and oxygen atoms in total. The molecule has 1 heterocycles. The van der Waals surface area contributed by atoms with Gasteiger partial charge in [-0.15, -0.1) is 0 Å². The van der Waals surface area contributed by atoms with Crippen LogP contribution in [0.1, 0.15) is 10.4 Å². The number of primary amides is 1. The molecule has 0 saturated carbocycles. The van der Waals surface area contributed by atoms with Gasteiger partial charge in [0.1, 0.15) is 5.82 Å². The molecule has 0 bridgehead atoms. The van der Waals surface area contributed by atoms with Crippen LogP contribution in [0.5, 0.6) is 0 Å². The van der Waals surface area contributed by atoms with E-state index in [1.165, 1.54) is 0 Å². The summed E-state index contributed by atoms with van der Waals surface area (Å²) in [5.74, 6) is 0.300. The standard InChI is InChI=1S/C12H13N3O/c1-15(2)11-7-9(12(13)16)8-5-3-4-6-10(8)14-11/h3-7H,1-2H3,(H2,13,16). The zero-order valence-corrected chi connectivity index (χ0v) is 9.27. The summed E-state index contributed by atoms with van der Waals surface area (Å²) in [6, 6.07) is 9.19. The normalized spacial score (nSPS) is 10.4. The Morgan fingerprint density at radius 3 is 2.62 bits per heavy atom. The Kier molecular flexibility index (Phi) is 2.48. The molecule has 2 N–H and O–H groups in total. The van der Waals surface area contributed by atoms with Gasteiger partial charge in [0.15, 0.2) is 0 Å². The molecular formula is C12H13N3O. The van der Waals surface area contributed by atoms with Crippen LogP contribution in [-0.4, -0.2) is 25.0 Å². The number of pyridine rings is 1. The van der Waals surface area contributed by atoms with Crippen LogP contribution in [0.15, 0.2) is 30.3 Å². The molecule has 1 amide bonds. The van der Waals surface area contributed by atoms with Crippen molar-refractivity contribution >= 4 is 22.6 Å². The SMILES string of the molecule is CN(C)c1cc(C(N)=O)c2ccccc2n1. The van der Waals surface area contributed by atoms with Gasteiger partial charge >= 0.3 is 0 Å². The van der Waals surface area contributed by atoms with Crippen molar-refractivity contribution in [1.82, 2.24) is 4.98 Å². The quantitative estimate of drug-likeness (QED) is 0.823. The van der Waals surface area contributed by atoms with E-state index in [0.29, 0.717) is 5.56 Å². The van der Waals surface area contributed by atoms with E-state index in [9.17, 15) is 4.79 Å². The highest BCUT2D eigenvalue weighted by Crippen LogP contribution is 2.21. The Morgan fingerprint density at radius 1 is 1.31 bits per heavy atom. The number of benzene rings is 1. The van der Waals surface area contributed by atoms with Crippen molar-refractivity contribution in [2.75, 3.05) is 19.0 Å². The van der Waals surface area contributed by atoms with E-state index in [2.05, 4.69) is 4.98 Å². The van der Waals surface area contributed by atoms with Crippen LogP contribution in [0, 0.1) is 0 Å². The van der Waals surface area contributed by atoms with Gasteiger partial charge < -0.3 is 10.6 Å². The summed E-state index contributed by atoms with van der Waals surface area (Å²) in [7, 11) is 3.75. The van der Waals surface area contributed by atoms with E-state index in [0.717, 1.165) is 16.7 Å². The maximum Gasteiger partial charge on any atom is 0.249 e. The Morgan fingerprint density at radius 2 is 2.00 bits per heavy atom. The maximum absolute atomic E-state index is 11.4. The van der Waals surface area contributed by atoms with Crippen molar-refractivity contribution in [2.45, 2.75) is 0 Å². The smallest absolute Gasteiger partial charge is 0.249 e. The lowest BCUT2D eigenvalue weighted by molar-refractivity contribution is 0.100. The van der Waals surface area contributed by atoms with Gasteiger partial charge in [-0.25, -0.2) is 4.98 Å². The fraction of sp³-hybridized carbons (Fsp3) is 0.167. The van der Waals surface area contributed by atoms with Gasteiger partial charge in [-0.3, -0.25) is 4.79 Å². The zero-order valence-electron chi connectivity index (χ0n) is 9.27. The zero-order chi connectivity index (χ0) is 11.7. The highest BCUT2D eigenvalue weighted by molar-refractivity contribution is 6.06. The molecule has 16 heavy (non-hydrogen) atoms. The van der Waals surface area contributed by atoms with Crippen LogP contribution < -0.4 is 10.6 Å². The number of amides is 1. The number of para-hydroxylation sites is 1. The first-order valence-electron chi connectivity index (χ1n) is 4.96. The van der Waals surface area contributed by atoms with E-state index in [-0.39, 0.29) is 0 Å². The Balaban J connectivity index is 2.79. The van der Waals surface area contributed by atoms with Gasteiger partial charge in [0, 0.05) is 19.5 Å². The predicted octanol–water partition coefficient (Wildman–Crippen LogP) is 1.40. The number of nitrogens with two attached hydrogens (primary N) is 1. The summed E-state index contributed by atoms with van der Waals surface area (Å²) < 4.78 is 0. The van der Waals surface area contributed by atoms with Crippen LogP contribution in [0.3, 0.4) is 0 Å². The van der Waals surface area contributed by atoms with Crippen LogP contribution in [-0.2, 0) is 0 Å². The highest BCUT2D eigenvalue weighted by Gasteiger charge is 2.10. The average Bonchev–Trinajstić information content (AvgIpc) is 2.27. The van der Waals surface area contributed by atoms with E-state index >= 15 is 0 Å². The van der Waals surface area contributed by atoms with Gasteiger partial charge in [0.05, 0.1) is 11.1 Å².